The molecule has 0 bridgehead atoms. The molecule has 0 aliphatic heterocycles. The van der Waals surface area contributed by atoms with Crippen molar-refractivity contribution in [2.45, 2.75) is 31.1 Å². The summed E-state index contributed by atoms with van der Waals surface area (Å²) in [5, 5.41) is 12.0. The first-order valence-corrected chi connectivity index (χ1v) is 8.30. The third-order valence-corrected chi connectivity index (χ3v) is 4.36. The predicted molar refractivity (Wildman–Crippen MR) is 84.9 cm³/mol. The smallest absolute Gasteiger partial charge is 0.305 e. The Labute approximate surface area is 131 Å². The second-order valence-corrected chi connectivity index (χ2v) is 6.71. The highest BCUT2D eigenvalue weighted by Crippen LogP contribution is 2.20. The quantitative estimate of drug-likeness (QED) is 0.784. The number of thioether (sulfide) groups is 1. The third-order valence-electron chi connectivity index (χ3n) is 2.86. The van der Waals surface area contributed by atoms with Gasteiger partial charge in [-0.2, -0.15) is 11.8 Å². The van der Waals surface area contributed by atoms with E-state index in [1.54, 1.807) is 11.8 Å². The first kappa shape index (κ1) is 17.0. The fourth-order valence-corrected chi connectivity index (χ4v) is 2.30. The van der Waals surface area contributed by atoms with E-state index in [1.807, 2.05) is 37.4 Å². The number of halogens is 1. The maximum Gasteiger partial charge on any atom is 0.305 e. The molecule has 0 saturated carbocycles. The molecule has 0 aliphatic rings. The zero-order valence-electron chi connectivity index (χ0n) is 11.4. The van der Waals surface area contributed by atoms with Crippen LogP contribution in [0.25, 0.3) is 0 Å². The molecule has 0 aromatic heterocycles. The highest BCUT2D eigenvalue weighted by atomic mass is 79.9. The van der Waals surface area contributed by atoms with Crippen molar-refractivity contribution in [3.05, 3.63) is 34.3 Å². The van der Waals surface area contributed by atoms with Gasteiger partial charge in [0.2, 0.25) is 5.91 Å². The van der Waals surface area contributed by atoms with Crippen LogP contribution < -0.4 is 5.32 Å². The Morgan fingerprint density at radius 2 is 1.90 bits per heavy atom. The fraction of sp³-hybridized carbons (Fsp3) is 0.429. The van der Waals surface area contributed by atoms with Crippen LogP contribution in [0.3, 0.4) is 0 Å². The van der Waals surface area contributed by atoms with Crippen molar-refractivity contribution in [1.29, 1.82) is 0 Å². The Morgan fingerprint density at radius 3 is 2.40 bits per heavy atom. The molecular weight excluding hydrogens is 342 g/mol. The molecule has 0 heterocycles. The highest BCUT2D eigenvalue weighted by molar-refractivity contribution is 9.10. The number of aliphatic carboxylic acids is 1. The van der Waals surface area contributed by atoms with Gasteiger partial charge in [0, 0.05) is 16.1 Å². The first-order valence-electron chi connectivity index (χ1n) is 6.21. The number of amides is 1. The van der Waals surface area contributed by atoms with Crippen LogP contribution in [0.2, 0.25) is 0 Å². The summed E-state index contributed by atoms with van der Waals surface area (Å²) in [5.74, 6) is -1.06. The van der Waals surface area contributed by atoms with Gasteiger partial charge in [0.25, 0.3) is 0 Å². The number of benzene rings is 1. The second-order valence-electron chi connectivity index (χ2n) is 4.52. The molecular formula is C14H18BrNO3S. The molecule has 1 rings (SSSR count). The molecule has 0 fully saturated rings. The molecule has 0 radical (unpaired) electrons. The minimum Gasteiger partial charge on any atom is -0.481 e. The molecule has 110 valence electrons. The lowest BCUT2D eigenvalue weighted by molar-refractivity contribution is -0.137. The molecule has 6 heteroatoms. The molecule has 2 unspecified atom stereocenters. The summed E-state index contributed by atoms with van der Waals surface area (Å²) in [5.41, 5.74) is 0.792. The van der Waals surface area contributed by atoms with E-state index in [0.717, 1.165) is 10.0 Å². The van der Waals surface area contributed by atoms with Crippen molar-refractivity contribution < 1.29 is 14.7 Å². The lowest BCUT2D eigenvalue weighted by Crippen LogP contribution is -2.31. The SMILES string of the molecule is CSC(C)CC(=O)NC(CC(=O)O)c1ccc(Br)cc1. The maximum atomic E-state index is 11.9. The van der Waals surface area contributed by atoms with E-state index in [1.165, 1.54) is 0 Å². The molecule has 4 nitrogen and oxygen atoms in total. The van der Waals surface area contributed by atoms with E-state index in [0.29, 0.717) is 6.42 Å². The van der Waals surface area contributed by atoms with Crippen LogP contribution >= 0.6 is 27.7 Å². The Balaban J connectivity index is 2.76. The van der Waals surface area contributed by atoms with E-state index in [-0.39, 0.29) is 17.6 Å². The Morgan fingerprint density at radius 1 is 1.30 bits per heavy atom. The van der Waals surface area contributed by atoms with Crippen molar-refractivity contribution in [3.8, 4) is 0 Å². The molecule has 0 aliphatic carbocycles. The summed E-state index contributed by atoms with van der Waals surface area (Å²) in [4.78, 5) is 22.9. The Hall–Kier alpha value is -1.01. The third kappa shape index (κ3) is 5.96. The maximum absolute atomic E-state index is 11.9. The summed E-state index contributed by atoms with van der Waals surface area (Å²) in [6.07, 6.45) is 2.20. The van der Waals surface area contributed by atoms with Crippen molar-refractivity contribution >= 4 is 39.6 Å². The lowest BCUT2D eigenvalue weighted by Gasteiger charge is -2.18. The van der Waals surface area contributed by atoms with E-state index in [4.69, 9.17) is 5.11 Å². The number of rotatable bonds is 7. The number of carbonyl (C=O) groups is 2. The van der Waals surface area contributed by atoms with Crippen LogP contribution in [0.15, 0.2) is 28.7 Å². The van der Waals surface area contributed by atoms with Crippen molar-refractivity contribution in [3.63, 3.8) is 0 Å². The Bertz CT molecular complexity index is 464. The van der Waals surface area contributed by atoms with Crippen LogP contribution in [0.4, 0.5) is 0 Å². The van der Waals surface area contributed by atoms with E-state index < -0.39 is 12.0 Å². The number of hydrogen-bond acceptors (Lipinski definition) is 3. The summed E-state index contributed by atoms with van der Waals surface area (Å²) in [6.45, 7) is 1.97. The number of nitrogens with one attached hydrogen (secondary N) is 1. The molecule has 2 atom stereocenters. The normalized spacial score (nSPS) is 13.6. The summed E-state index contributed by atoms with van der Waals surface area (Å²) in [7, 11) is 0. The molecule has 1 amide bonds. The average Bonchev–Trinajstić information content (AvgIpc) is 2.38. The fourth-order valence-electron chi connectivity index (χ4n) is 1.72. The van der Waals surface area contributed by atoms with Gasteiger partial charge in [0.15, 0.2) is 0 Å². The molecule has 0 spiro atoms. The van der Waals surface area contributed by atoms with Crippen LogP contribution in [-0.2, 0) is 9.59 Å². The van der Waals surface area contributed by atoms with Crippen LogP contribution in [0, 0.1) is 0 Å². The Kier molecular flexibility index (Phi) is 7.09. The molecule has 1 aromatic rings. The van der Waals surface area contributed by atoms with E-state index in [9.17, 15) is 9.59 Å². The number of carbonyl (C=O) groups excluding carboxylic acids is 1. The second kappa shape index (κ2) is 8.32. The minimum absolute atomic E-state index is 0.124. The van der Waals surface area contributed by atoms with Gasteiger partial charge in [0.1, 0.15) is 0 Å². The van der Waals surface area contributed by atoms with Crippen LogP contribution in [0.5, 0.6) is 0 Å². The standard InChI is InChI=1S/C14H18BrNO3S/c1-9(20-2)7-13(17)16-12(8-14(18)19)10-3-5-11(15)6-4-10/h3-6,9,12H,7-8H2,1-2H3,(H,16,17)(H,18,19). The number of carboxylic acids is 1. The van der Waals surface area contributed by atoms with Crippen LogP contribution in [-0.4, -0.2) is 28.5 Å². The number of hydrogen-bond donors (Lipinski definition) is 2. The van der Waals surface area contributed by atoms with E-state index in [2.05, 4.69) is 21.2 Å². The van der Waals surface area contributed by atoms with E-state index >= 15 is 0 Å². The molecule has 0 saturated heterocycles. The monoisotopic (exact) mass is 359 g/mol. The summed E-state index contributed by atoms with van der Waals surface area (Å²) < 4.78 is 0.914. The lowest BCUT2D eigenvalue weighted by atomic mass is 10.0. The van der Waals surface area contributed by atoms with Gasteiger partial charge in [-0.05, 0) is 24.0 Å². The number of carboxylic acid groups (broad SMARTS) is 1. The van der Waals surface area contributed by atoms with Gasteiger partial charge in [-0.1, -0.05) is 35.0 Å². The average molecular weight is 360 g/mol. The van der Waals surface area contributed by atoms with Gasteiger partial charge in [-0.3, -0.25) is 9.59 Å². The highest BCUT2D eigenvalue weighted by Gasteiger charge is 2.19. The van der Waals surface area contributed by atoms with Gasteiger partial charge >= 0.3 is 5.97 Å². The molecule has 1 aromatic carbocycles. The van der Waals surface area contributed by atoms with Gasteiger partial charge in [0.05, 0.1) is 12.5 Å². The summed E-state index contributed by atoms with van der Waals surface area (Å²) in [6, 6.07) is 6.80. The molecule has 20 heavy (non-hydrogen) atoms. The van der Waals surface area contributed by atoms with Crippen LogP contribution in [0.1, 0.15) is 31.4 Å². The predicted octanol–water partition coefficient (Wildman–Crippen LogP) is 3.22. The van der Waals surface area contributed by atoms with Gasteiger partial charge in [-0.25, -0.2) is 0 Å². The zero-order chi connectivity index (χ0) is 15.1. The van der Waals surface area contributed by atoms with Crippen molar-refractivity contribution in [2.75, 3.05) is 6.26 Å². The summed E-state index contributed by atoms with van der Waals surface area (Å²) >= 11 is 4.94. The zero-order valence-corrected chi connectivity index (χ0v) is 13.8. The minimum atomic E-state index is -0.934. The van der Waals surface area contributed by atoms with Crippen molar-refractivity contribution in [1.82, 2.24) is 5.32 Å². The molecule has 2 N–H and O–H groups in total. The van der Waals surface area contributed by atoms with Gasteiger partial charge in [-0.15, -0.1) is 0 Å². The van der Waals surface area contributed by atoms with Gasteiger partial charge < -0.3 is 10.4 Å². The largest absolute Gasteiger partial charge is 0.481 e. The van der Waals surface area contributed by atoms with Crippen molar-refractivity contribution in [2.24, 2.45) is 0 Å². The topological polar surface area (TPSA) is 66.4 Å². The first-order chi connectivity index (χ1) is 9.42.